The first-order valence-corrected chi connectivity index (χ1v) is 6.52. The van der Waals surface area contributed by atoms with Crippen molar-refractivity contribution in [2.24, 2.45) is 0 Å². The number of fused-ring (bicyclic) bond motifs is 2. The van der Waals surface area contributed by atoms with E-state index in [1.54, 1.807) is 10.7 Å². The van der Waals surface area contributed by atoms with E-state index in [0.29, 0.717) is 6.04 Å². The lowest BCUT2D eigenvalue weighted by Gasteiger charge is -2.12. The third-order valence-electron chi connectivity index (χ3n) is 3.66. The van der Waals surface area contributed by atoms with Gasteiger partial charge in [-0.15, -0.1) is 0 Å². The zero-order chi connectivity index (χ0) is 12.7. The number of rotatable bonds is 2. The monoisotopic (exact) mass is 250 g/mol. The number of benzene rings is 1. The average molecular weight is 250 g/mol. The molecule has 1 aliphatic carbocycles. The maximum atomic E-state index is 4.55. The molecule has 2 aromatic heterocycles. The van der Waals surface area contributed by atoms with Gasteiger partial charge in [0.2, 0.25) is 0 Å². The number of anilines is 1. The smallest absolute Gasteiger partial charge is 0.157 e. The summed E-state index contributed by atoms with van der Waals surface area (Å²) in [6.45, 7) is 0. The molecule has 2 heterocycles. The van der Waals surface area contributed by atoms with Crippen molar-refractivity contribution < 1.29 is 0 Å². The molecule has 3 aromatic rings. The highest BCUT2D eigenvalue weighted by atomic mass is 15.2. The highest BCUT2D eigenvalue weighted by molar-refractivity contribution is 5.47. The van der Waals surface area contributed by atoms with Gasteiger partial charge in [-0.3, -0.25) is 0 Å². The molecule has 0 unspecified atom stereocenters. The lowest BCUT2D eigenvalue weighted by atomic mass is 10.1. The molecule has 0 spiro atoms. The summed E-state index contributed by atoms with van der Waals surface area (Å²) in [5.74, 6) is 0.922. The predicted molar refractivity (Wildman–Crippen MR) is 74.2 cm³/mol. The highest BCUT2D eigenvalue weighted by Crippen LogP contribution is 2.23. The van der Waals surface area contributed by atoms with Crippen LogP contribution in [0, 0.1) is 0 Å². The van der Waals surface area contributed by atoms with Crippen LogP contribution in [-0.2, 0) is 12.8 Å². The van der Waals surface area contributed by atoms with Gasteiger partial charge >= 0.3 is 0 Å². The number of aromatic nitrogens is 3. The van der Waals surface area contributed by atoms with E-state index in [1.165, 1.54) is 11.1 Å². The minimum absolute atomic E-state index is 0.440. The summed E-state index contributed by atoms with van der Waals surface area (Å²) in [5, 5.41) is 7.67. The first kappa shape index (κ1) is 10.6. The number of hydrogen-bond donors (Lipinski definition) is 1. The Morgan fingerprint density at radius 1 is 1.05 bits per heavy atom. The molecule has 4 heteroatoms. The second-order valence-electron chi connectivity index (χ2n) is 4.96. The van der Waals surface area contributed by atoms with E-state index in [1.807, 2.05) is 18.3 Å². The van der Waals surface area contributed by atoms with Gasteiger partial charge in [0.05, 0.1) is 6.20 Å². The fourth-order valence-corrected chi connectivity index (χ4v) is 2.76. The van der Waals surface area contributed by atoms with Crippen LogP contribution in [0.25, 0.3) is 5.65 Å². The zero-order valence-corrected chi connectivity index (χ0v) is 10.5. The second kappa shape index (κ2) is 4.09. The minimum atomic E-state index is 0.440. The molecule has 0 fully saturated rings. The number of nitrogens with one attached hydrogen (secondary N) is 1. The normalized spacial score (nSPS) is 14.7. The Kier molecular flexibility index (Phi) is 2.27. The van der Waals surface area contributed by atoms with Gasteiger partial charge in [0.25, 0.3) is 0 Å². The van der Waals surface area contributed by atoms with Gasteiger partial charge in [-0.2, -0.15) is 5.10 Å². The molecule has 1 aliphatic rings. The molecule has 0 atom stereocenters. The van der Waals surface area contributed by atoms with Crippen molar-refractivity contribution in [2.75, 3.05) is 5.32 Å². The molecule has 1 N–H and O–H groups in total. The molecule has 0 amide bonds. The Hall–Kier alpha value is -2.36. The summed E-state index contributed by atoms with van der Waals surface area (Å²) in [4.78, 5) is 4.55. The lowest BCUT2D eigenvalue weighted by molar-refractivity contribution is 0.767. The van der Waals surface area contributed by atoms with Crippen molar-refractivity contribution in [1.82, 2.24) is 14.6 Å². The van der Waals surface area contributed by atoms with E-state index >= 15 is 0 Å². The molecule has 19 heavy (non-hydrogen) atoms. The van der Waals surface area contributed by atoms with E-state index in [0.717, 1.165) is 24.3 Å². The first-order valence-electron chi connectivity index (χ1n) is 6.52. The zero-order valence-electron chi connectivity index (χ0n) is 10.5. The molecule has 94 valence electrons. The van der Waals surface area contributed by atoms with Crippen molar-refractivity contribution in [3.63, 3.8) is 0 Å². The second-order valence-corrected chi connectivity index (χ2v) is 4.96. The maximum absolute atomic E-state index is 4.55. The number of hydrogen-bond acceptors (Lipinski definition) is 3. The Bertz CT molecular complexity index is 707. The fourth-order valence-electron chi connectivity index (χ4n) is 2.76. The summed E-state index contributed by atoms with van der Waals surface area (Å²) in [6.07, 6.45) is 5.84. The molecule has 0 aliphatic heterocycles. The van der Waals surface area contributed by atoms with Gasteiger partial charge in [0, 0.05) is 18.3 Å². The molecule has 4 nitrogen and oxygen atoms in total. The standard InChI is InChI=1S/C15H14N4/c1-2-4-12-10-13(9-11(12)3-1)17-14-6-8-19-15(18-14)5-7-16-19/h1-8,13H,9-10H2,(H,17,18). The lowest BCUT2D eigenvalue weighted by Crippen LogP contribution is -2.20. The van der Waals surface area contributed by atoms with Crippen LogP contribution in [-0.4, -0.2) is 20.6 Å². The van der Waals surface area contributed by atoms with Crippen LogP contribution in [0.3, 0.4) is 0 Å². The van der Waals surface area contributed by atoms with Crippen LogP contribution in [0.15, 0.2) is 48.8 Å². The quantitative estimate of drug-likeness (QED) is 0.759. The van der Waals surface area contributed by atoms with Gasteiger partial charge < -0.3 is 5.32 Å². The van der Waals surface area contributed by atoms with Crippen LogP contribution >= 0.6 is 0 Å². The number of nitrogens with zero attached hydrogens (tertiary/aromatic N) is 3. The Labute approximate surface area is 111 Å². The minimum Gasteiger partial charge on any atom is -0.367 e. The third-order valence-corrected chi connectivity index (χ3v) is 3.66. The van der Waals surface area contributed by atoms with Crippen LogP contribution in [0.1, 0.15) is 11.1 Å². The molecule has 0 bridgehead atoms. The average Bonchev–Trinajstić information content (AvgIpc) is 3.03. The highest BCUT2D eigenvalue weighted by Gasteiger charge is 2.20. The van der Waals surface area contributed by atoms with Crippen molar-refractivity contribution in [2.45, 2.75) is 18.9 Å². The van der Waals surface area contributed by atoms with Crippen LogP contribution < -0.4 is 5.32 Å². The summed E-state index contributed by atoms with van der Waals surface area (Å²) in [6, 6.07) is 13.0. The SMILES string of the molecule is c1ccc2c(c1)CC(Nc1ccn3nccc3n1)C2. The van der Waals surface area contributed by atoms with Gasteiger partial charge in [-0.25, -0.2) is 9.50 Å². The van der Waals surface area contributed by atoms with Crippen molar-refractivity contribution >= 4 is 11.5 Å². The predicted octanol–water partition coefficient (Wildman–Crippen LogP) is 2.31. The van der Waals surface area contributed by atoms with Gasteiger partial charge in [0.15, 0.2) is 5.65 Å². The Morgan fingerprint density at radius 2 is 1.84 bits per heavy atom. The van der Waals surface area contributed by atoms with Gasteiger partial charge in [-0.05, 0) is 30.0 Å². The summed E-state index contributed by atoms with van der Waals surface area (Å²) in [7, 11) is 0. The van der Waals surface area contributed by atoms with Crippen LogP contribution in [0.5, 0.6) is 0 Å². The molecule has 1 aromatic carbocycles. The summed E-state index contributed by atoms with van der Waals surface area (Å²) in [5.41, 5.74) is 3.77. The molecule has 4 rings (SSSR count). The van der Waals surface area contributed by atoms with Crippen molar-refractivity contribution in [3.8, 4) is 0 Å². The van der Waals surface area contributed by atoms with Crippen molar-refractivity contribution in [1.29, 1.82) is 0 Å². The summed E-state index contributed by atoms with van der Waals surface area (Å²) < 4.78 is 1.77. The van der Waals surface area contributed by atoms with E-state index < -0.39 is 0 Å². The van der Waals surface area contributed by atoms with Crippen LogP contribution in [0.4, 0.5) is 5.82 Å². The largest absolute Gasteiger partial charge is 0.367 e. The molecular weight excluding hydrogens is 236 g/mol. The Morgan fingerprint density at radius 3 is 2.63 bits per heavy atom. The third kappa shape index (κ3) is 1.85. The summed E-state index contributed by atoms with van der Waals surface area (Å²) >= 11 is 0. The molecule has 0 radical (unpaired) electrons. The maximum Gasteiger partial charge on any atom is 0.157 e. The van der Waals surface area contributed by atoms with Crippen LogP contribution in [0.2, 0.25) is 0 Å². The van der Waals surface area contributed by atoms with E-state index in [4.69, 9.17) is 0 Å². The molecule has 0 saturated carbocycles. The van der Waals surface area contributed by atoms with Gasteiger partial charge in [-0.1, -0.05) is 24.3 Å². The topological polar surface area (TPSA) is 42.2 Å². The Balaban J connectivity index is 1.56. The van der Waals surface area contributed by atoms with Gasteiger partial charge in [0.1, 0.15) is 5.82 Å². The molecule has 0 saturated heterocycles. The first-order chi connectivity index (χ1) is 9.38. The van der Waals surface area contributed by atoms with E-state index in [9.17, 15) is 0 Å². The van der Waals surface area contributed by atoms with E-state index in [2.05, 4.69) is 39.7 Å². The molecular formula is C15H14N4. The van der Waals surface area contributed by atoms with Crippen molar-refractivity contribution in [3.05, 3.63) is 59.9 Å². The fraction of sp³-hybridized carbons (Fsp3) is 0.200. The van der Waals surface area contributed by atoms with E-state index in [-0.39, 0.29) is 0 Å².